The first-order valence-electron chi connectivity index (χ1n) is 6.44. The molecule has 0 unspecified atom stereocenters. The Morgan fingerprint density at radius 1 is 0.955 bits per heavy atom. The first-order valence-corrected chi connectivity index (χ1v) is 6.44. The molecule has 0 aliphatic heterocycles. The number of aliphatic hydroxyl groups excluding tert-OH is 1. The number of aromatic carboxylic acids is 1. The monoisotopic (exact) mass is 298 g/mol. The minimum atomic E-state index is -1.19. The van der Waals surface area contributed by atoms with E-state index in [0.717, 1.165) is 6.08 Å². The maximum atomic E-state index is 12.2. The maximum absolute atomic E-state index is 12.2. The maximum Gasteiger partial charge on any atom is 0.336 e. The van der Waals surface area contributed by atoms with Crippen molar-refractivity contribution in [3.05, 3.63) is 71.3 Å². The highest BCUT2D eigenvalue weighted by Crippen LogP contribution is 2.18. The second-order valence-electron chi connectivity index (χ2n) is 4.47. The largest absolute Gasteiger partial charge is 0.507 e. The first-order chi connectivity index (χ1) is 10.5. The van der Waals surface area contributed by atoms with Crippen molar-refractivity contribution >= 4 is 17.5 Å². The second-order valence-corrected chi connectivity index (χ2v) is 4.47. The molecule has 2 aromatic rings. The summed E-state index contributed by atoms with van der Waals surface area (Å²) in [5.41, 5.74) is 0.350. The molecule has 0 saturated carbocycles. The molecule has 0 spiro atoms. The Morgan fingerprint density at radius 3 is 2.09 bits per heavy atom. The van der Waals surface area contributed by atoms with Gasteiger partial charge in [0.1, 0.15) is 11.5 Å². The van der Waals surface area contributed by atoms with Crippen molar-refractivity contribution < 1.29 is 24.5 Å². The lowest BCUT2D eigenvalue weighted by Crippen LogP contribution is -2.07. The van der Waals surface area contributed by atoms with Gasteiger partial charge in [-0.25, -0.2) is 4.79 Å². The topological polar surface area (TPSA) is 83.8 Å². The fourth-order valence-electron chi connectivity index (χ4n) is 1.93. The molecule has 0 aliphatic carbocycles. The van der Waals surface area contributed by atoms with Crippen molar-refractivity contribution in [1.82, 2.24) is 0 Å². The standard InChI is InChI=1S/C17H14O5/c1-22-12-8-6-11(7-9-12)15(18)10-16(19)13-4-2-3-5-14(13)17(20)21/h2-10,18H,1H3,(H,20,21)/b15-10+. The van der Waals surface area contributed by atoms with E-state index in [2.05, 4.69) is 0 Å². The number of carbonyl (C=O) groups is 2. The fraction of sp³-hybridized carbons (Fsp3) is 0.0588. The Hall–Kier alpha value is -3.08. The highest BCUT2D eigenvalue weighted by Gasteiger charge is 2.15. The molecule has 0 saturated heterocycles. The van der Waals surface area contributed by atoms with E-state index < -0.39 is 11.8 Å². The summed E-state index contributed by atoms with van der Waals surface area (Å²) >= 11 is 0. The van der Waals surface area contributed by atoms with E-state index in [1.165, 1.54) is 25.3 Å². The number of hydrogen-bond acceptors (Lipinski definition) is 4. The molecule has 0 aromatic heterocycles. The van der Waals surface area contributed by atoms with Crippen LogP contribution in [0, 0.1) is 0 Å². The molecule has 5 heteroatoms. The van der Waals surface area contributed by atoms with Crippen molar-refractivity contribution in [2.45, 2.75) is 0 Å². The second kappa shape index (κ2) is 6.58. The van der Waals surface area contributed by atoms with Gasteiger partial charge in [-0.15, -0.1) is 0 Å². The van der Waals surface area contributed by atoms with Crippen molar-refractivity contribution in [3.63, 3.8) is 0 Å². The van der Waals surface area contributed by atoms with Gasteiger partial charge in [0.2, 0.25) is 0 Å². The van der Waals surface area contributed by atoms with E-state index in [9.17, 15) is 14.7 Å². The van der Waals surface area contributed by atoms with Crippen LogP contribution in [0.1, 0.15) is 26.3 Å². The number of rotatable bonds is 5. The molecular weight excluding hydrogens is 284 g/mol. The van der Waals surface area contributed by atoms with Crippen LogP contribution in [-0.4, -0.2) is 29.1 Å². The number of allylic oxidation sites excluding steroid dienone is 1. The summed E-state index contributed by atoms with van der Waals surface area (Å²) in [6.45, 7) is 0. The average molecular weight is 298 g/mol. The van der Waals surface area contributed by atoms with E-state index in [1.807, 2.05) is 0 Å². The van der Waals surface area contributed by atoms with Crippen LogP contribution in [-0.2, 0) is 0 Å². The van der Waals surface area contributed by atoms with Crippen LogP contribution >= 0.6 is 0 Å². The van der Waals surface area contributed by atoms with Gasteiger partial charge in [-0.2, -0.15) is 0 Å². The minimum absolute atomic E-state index is 0.0232. The predicted octanol–water partition coefficient (Wildman–Crippen LogP) is 3.18. The van der Waals surface area contributed by atoms with Crippen LogP contribution < -0.4 is 4.74 Å². The number of carboxylic acid groups (broad SMARTS) is 1. The normalized spacial score (nSPS) is 11.0. The number of benzene rings is 2. The van der Waals surface area contributed by atoms with Gasteiger partial charge < -0.3 is 14.9 Å². The Bertz CT molecular complexity index is 729. The molecule has 0 amide bonds. The van der Waals surface area contributed by atoms with E-state index in [4.69, 9.17) is 9.84 Å². The fourth-order valence-corrected chi connectivity index (χ4v) is 1.93. The summed E-state index contributed by atoms with van der Waals surface area (Å²) in [5.74, 6) is -1.39. The van der Waals surface area contributed by atoms with Gasteiger partial charge in [0, 0.05) is 17.2 Å². The molecule has 2 N–H and O–H groups in total. The summed E-state index contributed by atoms with van der Waals surface area (Å²) < 4.78 is 5.01. The highest BCUT2D eigenvalue weighted by molar-refractivity contribution is 6.13. The van der Waals surface area contributed by atoms with Crippen LogP contribution in [0.4, 0.5) is 0 Å². The van der Waals surface area contributed by atoms with E-state index in [0.29, 0.717) is 11.3 Å². The smallest absolute Gasteiger partial charge is 0.336 e. The SMILES string of the molecule is COc1ccc(/C(O)=C\C(=O)c2ccccc2C(=O)O)cc1. The predicted molar refractivity (Wildman–Crippen MR) is 81.3 cm³/mol. The van der Waals surface area contributed by atoms with Crippen LogP contribution in [0.5, 0.6) is 5.75 Å². The van der Waals surface area contributed by atoms with Crippen LogP contribution in [0.25, 0.3) is 5.76 Å². The lowest BCUT2D eigenvalue weighted by Gasteiger charge is -2.04. The summed E-state index contributed by atoms with van der Waals surface area (Å²) in [4.78, 5) is 23.3. The third-order valence-electron chi connectivity index (χ3n) is 3.08. The Balaban J connectivity index is 2.31. The first kappa shape index (κ1) is 15.3. The average Bonchev–Trinajstić information content (AvgIpc) is 2.54. The van der Waals surface area contributed by atoms with E-state index >= 15 is 0 Å². The lowest BCUT2D eigenvalue weighted by atomic mass is 10.0. The van der Waals surface area contributed by atoms with E-state index in [1.54, 1.807) is 30.3 Å². The Kier molecular flexibility index (Phi) is 4.58. The third kappa shape index (κ3) is 3.32. The van der Waals surface area contributed by atoms with Crippen molar-refractivity contribution in [1.29, 1.82) is 0 Å². The van der Waals surface area contributed by atoms with Gasteiger partial charge in [0.15, 0.2) is 5.78 Å². The highest BCUT2D eigenvalue weighted by atomic mass is 16.5. The number of methoxy groups -OCH3 is 1. The van der Waals surface area contributed by atoms with Crippen LogP contribution in [0.2, 0.25) is 0 Å². The van der Waals surface area contributed by atoms with Crippen LogP contribution in [0.15, 0.2) is 54.6 Å². The van der Waals surface area contributed by atoms with Gasteiger partial charge in [-0.1, -0.05) is 18.2 Å². The third-order valence-corrected chi connectivity index (χ3v) is 3.08. The number of carboxylic acids is 1. The molecule has 22 heavy (non-hydrogen) atoms. The summed E-state index contributed by atoms with van der Waals surface area (Å²) in [6.07, 6.45) is 1.00. The van der Waals surface area contributed by atoms with E-state index in [-0.39, 0.29) is 16.9 Å². The number of carbonyl (C=O) groups excluding carboxylic acids is 1. The minimum Gasteiger partial charge on any atom is -0.507 e. The molecule has 0 aliphatic rings. The summed E-state index contributed by atoms with van der Waals surface area (Å²) in [5, 5.41) is 19.1. The zero-order valence-corrected chi connectivity index (χ0v) is 11.8. The Morgan fingerprint density at radius 2 is 1.55 bits per heavy atom. The zero-order valence-electron chi connectivity index (χ0n) is 11.8. The molecule has 0 bridgehead atoms. The van der Waals surface area contributed by atoms with Crippen LogP contribution in [0.3, 0.4) is 0 Å². The van der Waals surface area contributed by atoms with Crippen molar-refractivity contribution in [2.24, 2.45) is 0 Å². The lowest BCUT2D eigenvalue weighted by molar-refractivity contribution is 0.0693. The molecule has 2 aromatic carbocycles. The number of hydrogen-bond donors (Lipinski definition) is 2. The zero-order chi connectivity index (χ0) is 16.1. The molecule has 5 nitrogen and oxygen atoms in total. The molecule has 112 valence electrons. The quantitative estimate of drug-likeness (QED) is 0.503. The van der Waals surface area contributed by atoms with Gasteiger partial charge >= 0.3 is 5.97 Å². The van der Waals surface area contributed by atoms with Crippen molar-refractivity contribution in [2.75, 3.05) is 7.11 Å². The Labute approximate surface area is 127 Å². The molecule has 0 heterocycles. The number of ketones is 1. The molecule has 0 radical (unpaired) electrons. The van der Waals surface area contributed by atoms with Gasteiger partial charge in [-0.3, -0.25) is 4.79 Å². The van der Waals surface area contributed by atoms with Crippen molar-refractivity contribution in [3.8, 4) is 5.75 Å². The molecule has 0 atom stereocenters. The van der Waals surface area contributed by atoms with Gasteiger partial charge in [0.25, 0.3) is 0 Å². The summed E-state index contributed by atoms with van der Waals surface area (Å²) in [7, 11) is 1.52. The van der Waals surface area contributed by atoms with Gasteiger partial charge in [0.05, 0.1) is 12.7 Å². The number of ether oxygens (including phenoxy) is 1. The molecular formula is C17H14O5. The van der Waals surface area contributed by atoms with Gasteiger partial charge in [-0.05, 0) is 30.3 Å². The number of aliphatic hydroxyl groups is 1. The molecule has 2 rings (SSSR count). The molecule has 0 fully saturated rings. The summed E-state index contributed by atoms with van der Waals surface area (Å²) in [6, 6.07) is 12.3.